The molecule has 0 saturated heterocycles. The number of nitrogens with one attached hydrogen (secondary N) is 2. The van der Waals surface area contributed by atoms with Crippen LogP contribution in [0.2, 0.25) is 5.02 Å². The van der Waals surface area contributed by atoms with Crippen LogP contribution in [0.4, 0.5) is 11.4 Å². The Hall–Kier alpha value is -3.05. The number of halogens is 1. The van der Waals surface area contributed by atoms with Crippen LogP contribution in [-0.2, 0) is 6.42 Å². The predicted molar refractivity (Wildman–Crippen MR) is 114 cm³/mol. The van der Waals surface area contributed by atoms with Gasteiger partial charge in [-0.1, -0.05) is 29.8 Å². The van der Waals surface area contributed by atoms with Gasteiger partial charge < -0.3 is 15.4 Å². The van der Waals surface area contributed by atoms with Crippen LogP contribution in [0.15, 0.2) is 60.8 Å². The van der Waals surface area contributed by atoms with E-state index in [4.69, 9.17) is 16.3 Å². The van der Waals surface area contributed by atoms with Crippen molar-refractivity contribution in [3.63, 3.8) is 0 Å². The van der Waals surface area contributed by atoms with E-state index in [9.17, 15) is 4.79 Å². The number of hydrogen-bond donors (Lipinski definition) is 2. The Labute approximate surface area is 169 Å². The van der Waals surface area contributed by atoms with E-state index < -0.39 is 0 Å². The molecule has 0 radical (unpaired) electrons. The minimum atomic E-state index is -0.268. The van der Waals surface area contributed by atoms with Crippen molar-refractivity contribution in [2.45, 2.75) is 13.3 Å². The SMILES string of the molecule is COc1ccc(CCNc2ccc(C(=O)Nc3cccc(Cl)c3C)nc2)cc1. The summed E-state index contributed by atoms with van der Waals surface area (Å²) in [7, 11) is 1.66. The maximum atomic E-state index is 12.4. The Morgan fingerprint density at radius 3 is 2.57 bits per heavy atom. The Kier molecular flexibility index (Phi) is 6.50. The minimum Gasteiger partial charge on any atom is -0.497 e. The molecule has 0 aliphatic rings. The smallest absolute Gasteiger partial charge is 0.274 e. The second-order valence-electron chi connectivity index (χ2n) is 6.32. The molecule has 1 aromatic heterocycles. The van der Waals surface area contributed by atoms with Crippen molar-refractivity contribution in [2.75, 3.05) is 24.3 Å². The van der Waals surface area contributed by atoms with E-state index in [-0.39, 0.29) is 5.91 Å². The summed E-state index contributed by atoms with van der Waals surface area (Å²) < 4.78 is 5.16. The van der Waals surface area contributed by atoms with Crippen molar-refractivity contribution in [1.82, 2.24) is 4.98 Å². The third kappa shape index (κ3) is 5.02. The molecule has 2 N–H and O–H groups in total. The lowest BCUT2D eigenvalue weighted by atomic mass is 10.1. The number of benzene rings is 2. The summed E-state index contributed by atoms with van der Waals surface area (Å²) in [5.41, 5.74) is 3.94. The number of amides is 1. The van der Waals surface area contributed by atoms with Crippen LogP contribution in [0.3, 0.4) is 0 Å². The number of methoxy groups -OCH3 is 1. The average Bonchev–Trinajstić information content (AvgIpc) is 2.72. The maximum Gasteiger partial charge on any atom is 0.274 e. The van der Waals surface area contributed by atoms with Gasteiger partial charge in [-0.05, 0) is 60.9 Å². The molecule has 28 heavy (non-hydrogen) atoms. The largest absolute Gasteiger partial charge is 0.497 e. The molecular weight excluding hydrogens is 374 g/mol. The number of ether oxygens (including phenoxy) is 1. The minimum absolute atomic E-state index is 0.268. The first kappa shape index (κ1) is 19.7. The fraction of sp³-hybridized carbons (Fsp3) is 0.182. The molecule has 0 aliphatic heterocycles. The van der Waals surface area contributed by atoms with Gasteiger partial charge in [0.1, 0.15) is 11.4 Å². The molecule has 3 aromatic rings. The molecule has 0 atom stereocenters. The molecule has 0 spiro atoms. The zero-order chi connectivity index (χ0) is 19.9. The Morgan fingerprint density at radius 1 is 1.11 bits per heavy atom. The first-order valence-corrected chi connectivity index (χ1v) is 9.34. The summed E-state index contributed by atoms with van der Waals surface area (Å²) in [5, 5.41) is 6.77. The first-order valence-electron chi connectivity index (χ1n) is 8.96. The first-order chi connectivity index (χ1) is 13.6. The van der Waals surface area contributed by atoms with Gasteiger partial charge in [-0.15, -0.1) is 0 Å². The second kappa shape index (κ2) is 9.24. The highest BCUT2D eigenvalue weighted by atomic mass is 35.5. The van der Waals surface area contributed by atoms with Gasteiger partial charge in [-0.3, -0.25) is 4.79 Å². The van der Waals surface area contributed by atoms with Gasteiger partial charge in [0.2, 0.25) is 0 Å². The van der Waals surface area contributed by atoms with Crippen molar-refractivity contribution >= 4 is 28.9 Å². The highest BCUT2D eigenvalue weighted by molar-refractivity contribution is 6.31. The van der Waals surface area contributed by atoms with Gasteiger partial charge in [-0.2, -0.15) is 0 Å². The van der Waals surface area contributed by atoms with Gasteiger partial charge >= 0.3 is 0 Å². The van der Waals surface area contributed by atoms with E-state index in [0.29, 0.717) is 16.4 Å². The number of nitrogens with zero attached hydrogens (tertiary/aromatic N) is 1. The lowest BCUT2D eigenvalue weighted by molar-refractivity contribution is 0.102. The molecule has 144 valence electrons. The summed E-state index contributed by atoms with van der Waals surface area (Å²) in [5.74, 6) is 0.581. The number of carbonyl (C=O) groups is 1. The highest BCUT2D eigenvalue weighted by Crippen LogP contribution is 2.23. The Bertz CT molecular complexity index is 941. The summed E-state index contributed by atoms with van der Waals surface area (Å²) in [6.45, 7) is 2.63. The summed E-state index contributed by atoms with van der Waals surface area (Å²) in [6.07, 6.45) is 2.54. The van der Waals surface area contributed by atoms with Crippen LogP contribution >= 0.6 is 11.6 Å². The van der Waals surface area contributed by atoms with E-state index in [1.54, 1.807) is 31.5 Å². The fourth-order valence-electron chi connectivity index (χ4n) is 2.71. The second-order valence-corrected chi connectivity index (χ2v) is 6.73. The number of pyridine rings is 1. The standard InChI is InChI=1S/C22H22ClN3O2/c1-15-19(23)4-3-5-20(15)26-22(27)21-11-8-17(14-25-21)24-13-12-16-6-9-18(28-2)10-7-16/h3-11,14,24H,12-13H2,1-2H3,(H,26,27). The molecule has 2 aromatic carbocycles. The molecule has 6 heteroatoms. The fourth-order valence-corrected chi connectivity index (χ4v) is 2.88. The molecule has 0 aliphatic carbocycles. The lowest BCUT2D eigenvalue weighted by Gasteiger charge is -2.10. The van der Waals surface area contributed by atoms with Crippen LogP contribution in [0, 0.1) is 6.92 Å². The van der Waals surface area contributed by atoms with Crippen molar-refractivity contribution in [3.05, 3.63) is 82.6 Å². The number of anilines is 2. The molecule has 5 nitrogen and oxygen atoms in total. The number of rotatable bonds is 7. The van der Waals surface area contributed by atoms with Gasteiger partial charge in [0.05, 0.1) is 19.0 Å². The third-order valence-corrected chi connectivity index (χ3v) is 4.82. The Balaban J connectivity index is 1.53. The molecule has 0 unspecified atom stereocenters. The molecular formula is C22H22ClN3O2. The lowest BCUT2D eigenvalue weighted by Crippen LogP contribution is -2.14. The number of carbonyl (C=O) groups excluding carboxylic acids is 1. The van der Waals surface area contributed by atoms with Crippen molar-refractivity contribution < 1.29 is 9.53 Å². The van der Waals surface area contributed by atoms with E-state index >= 15 is 0 Å². The summed E-state index contributed by atoms with van der Waals surface area (Å²) in [4.78, 5) is 16.6. The van der Waals surface area contributed by atoms with E-state index in [1.165, 1.54) is 5.56 Å². The van der Waals surface area contributed by atoms with Crippen LogP contribution < -0.4 is 15.4 Å². The zero-order valence-corrected chi connectivity index (χ0v) is 16.6. The third-order valence-electron chi connectivity index (χ3n) is 4.41. The molecule has 0 saturated carbocycles. The van der Waals surface area contributed by atoms with Gasteiger partial charge in [-0.25, -0.2) is 4.98 Å². The van der Waals surface area contributed by atoms with E-state index in [0.717, 1.165) is 30.0 Å². The van der Waals surface area contributed by atoms with Gasteiger partial charge in [0, 0.05) is 17.3 Å². The predicted octanol–water partition coefficient (Wildman–Crippen LogP) is 4.96. The molecule has 1 amide bonds. The van der Waals surface area contributed by atoms with E-state index in [1.807, 2.05) is 43.3 Å². The summed E-state index contributed by atoms with van der Waals surface area (Å²) >= 11 is 6.09. The highest BCUT2D eigenvalue weighted by Gasteiger charge is 2.10. The normalized spacial score (nSPS) is 10.4. The van der Waals surface area contributed by atoms with Gasteiger partial charge in [0.15, 0.2) is 0 Å². The monoisotopic (exact) mass is 395 g/mol. The van der Waals surface area contributed by atoms with Crippen LogP contribution in [0.25, 0.3) is 0 Å². The quantitative estimate of drug-likeness (QED) is 0.593. The molecule has 0 fully saturated rings. The molecule has 0 bridgehead atoms. The van der Waals surface area contributed by atoms with Crippen molar-refractivity contribution in [2.24, 2.45) is 0 Å². The molecule has 3 rings (SSSR count). The zero-order valence-electron chi connectivity index (χ0n) is 15.8. The maximum absolute atomic E-state index is 12.4. The average molecular weight is 396 g/mol. The number of hydrogen-bond acceptors (Lipinski definition) is 4. The number of aromatic nitrogens is 1. The Morgan fingerprint density at radius 2 is 1.89 bits per heavy atom. The van der Waals surface area contributed by atoms with Crippen LogP contribution in [0.5, 0.6) is 5.75 Å². The van der Waals surface area contributed by atoms with Crippen molar-refractivity contribution in [3.8, 4) is 5.75 Å². The van der Waals surface area contributed by atoms with E-state index in [2.05, 4.69) is 15.6 Å². The van der Waals surface area contributed by atoms with Gasteiger partial charge in [0.25, 0.3) is 5.91 Å². The molecule has 1 heterocycles. The summed E-state index contributed by atoms with van der Waals surface area (Å²) in [6, 6.07) is 16.9. The topological polar surface area (TPSA) is 63.2 Å². The van der Waals surface area contributed by atoms with Crippen LogP contribution in [-0.4, -0.2) is 24.5 Å². The van der Waals surface area contributed by atoms with Crippen LogP contribution in [0.1, 0.15) is 21.6 Å². The van der Waals surface area contributed by atoms with Crippen molar-refractivity contribution in [1.29, 1.82) is 0 Å².